The van der Waals surface area contributed by atoms with Gasteiger partial charge in [-0.15, -0.1) is 0 Å². The maximum Gasteiger partial charge on any atom is 0.303 e. The number of unbranched alkanes of at least 4 members (excludes halogenated alkanes) is 11. The van der Waals surface area contributed by atoms with Crippen LogP contribution < -0.4 is 0 Å². The van der Waals surface area contributed by atoms with E-state index in [0.717, 1.165) is 31.2 Å². The molecule has 0 saturated carbocycles. The minimum atomic E-state index is -0.676. The van der Waals surface area contributed by atoms with Crippen LogP contribution >= 0.6 is 0 Å². The number of aryl methyl sites for hydroxylation is 1. The summed E-state index contributed by atoms with van der Waals surface area (Å²) in [6.07, 6.45) is 15.1. The van der Waals surface area contributed by atoms with Crippen molar-refractivity contribution in [3.8, 4) is 0 Å². The number of Topliss-reactive ketones (excluding diaryl/α,β-unsaturated/α-hetero) is 1. The van der Waals surface area contributed by atoms with Gasteiger partial charge in [-0.1, -0.05) is 94.0 Å². The van der Waals surface area contributed by atoms with Crippen LogP contribution in [0.3, 0.4) is 0 Å². The molecule has 0 saturated heterocycles. The first kappa shape index (κ1) is 22.4. The van der Waals surface area contributed by atoms with E-state index in [9.17, 15) is 9.59 Å². The van der Waals surface area contributed by atoms with Gasteiger partial charge in [-0.3, -0.25) is 9.59 Å². The second-order valence-corrected chi connectivity index (χ2v) is 7.43. The Balaban J connectivity index is 1.84. The Morgan fingerprint density at radius 1 is 0.654 bits per heavy atom. The molecule has 0 radical (unpaired) electrons. The van der Waals surface area contributed by atoms with Gasteiger partial charge in [-0.25, -0.2) is 0 Å². The molecule has 0 atom stereocenters. The molecule has 3 heteroatoms. The third-order valence-corrected chi connectivity index (χ3v) is 4.92. The maximum absolute atomic E-state index is 12.1. The molecule has 0 aliphatic heterocycles. The third-order valence-electron chi connectivity index (χ3n) is 4.92. The molecule has 0 amide bonds. The molecule has 0 spiro atoms. The minimum Gasteiger partial charge on any atom is -0.481 e. The first-order valence-corrected chi connectivity index (χ1v) is 10.4. The number of carbonyl (C=O) groups is 2. The first-order valence-electron chi connectivity index (χ1n) is 10.4. The molecule has 1 N–H and O–H groups in total. The molecule has 1 aromatic rings. The standard InChI is InChI=1S/C23H36O3/c1-20-16-18-21(19-17-20)22(24)14-12-10-8-6-4-2-3-5-7-9-11-13-15-23(25)26/h16-19H,2-15H2,1H3,(H,25,26). The molecule has 0 bridgehead atoms. The summed E-state index contributed by atoms with van der Waals surface area (Å²) >= 11 is 0. The summed E-state index contributed by atoms with van der Waals surface area (Å²) in [5.41, 5.74) is 2.04. The van der Waals surface area contributed by atoms with Crippen molar-refractivity contribution in [2.24, 2.45) is 0 Å². The van der Waals surface area contributed by atoms with Crippen LogP contribution in [0.1, 0.15) is 106 Å². The molecule has 0 aliphatic carbocycles. The number of rotatable bonds is 16. The van der Waals surface area contributed by atoms with E-state index in [4.69, 9.17) is 5.11 Å². The van der Waals surface area contributed by atoms with Gasteiger partial charge in [0.05, 0.1) is 0 Å². The number of hydrogen-bond donors (Lipinski definition) is 1. The molecule has 1 rings (SSSR count). The summed E-state index contributed by atoms with van der Waals surface area (Å²) in [7, 11) is 0. The molecule has 0 aliphatic rings. The minimum absolute atomic E-state index is 0.272. The molecule has 0 heterocycles. The first-order chi connectivity index (χ1) is 12.6. The van der Waals surface area contributed by atoms with Crippen molar-refractivity contribution in [2.75, 3.05) is 0 Å². The van der Waals surface area contributed by atoms with Crippen molar-refractivity contribution >= 4 is 11.8 Å². The van der Waals surface area contributed by atoms with Crippen molar-refractivity contribution < 1.29 is 14.7 Å². The normalized spacial score (nSPS) is 10.8. The lowest BCUT2D eigenvalue weighted by Gasteiger charge is -2.04. The number of aliphatic carboxylic acids is 1. The number of carboxylic acids is 1. The molecular formula is C23H36O3. The highest BCUT2D eigenvalue weighted by Gasteiger charge is 2.04. The molecule has 0 fully saturated rings. The van der Waals surface area contributed by atoms with Gasteiger partial charge in [0.2, 0.25) is 0 Å². The number of hydrogen-bond acceptors (Lipinski definition) is 2. The van der Waals surface area contributed by atoms with Crippen LogP contribution in [0.2, 0.25) is 0 Å². The van der Waals surface area contributed by atoms with Crippen molar-refractivity contribution in [1.29, 1.82) is 0 Å². The molecule has 0 unspecified atom stereocenters. The zero-order valence-electron chi connectivity index (χ0n) is 16.5. The van der Waals surface area contributed by atoms with Gasteiger partial charge >= 0.3 is 5.97 Å². The van der Waals surface area contributed by atoms with Gasteiger partial charge in [-0.2, -0.15) is 0 Å². The smallest absolute Gasteiger partial charge is 0.303 e. The largest absolute Gasteiger partial charge is 0.481 e. The van der Waals surface area contributed by atoms with E-state index in [1.165, 1.54) is 56.9 Å². The van der Waals surface area contributed by atoms with Crippen LogP contribution in [0.4, 0.5) is 0 Å². The Kier molecular flexibility index (Phi) is 12.5. The average Bonchev–Trinajstić information content (AvgIpc) is 2.62. The van der Waals surface area contributed by atoms with Gasteiger partial charge in [0.15, 0.2) is 5.78 Å². The van der Waals surface area contributed by atoms with E-state index < -0.39 is 5.97 Å². The second kappa shape index (κ2) is 14.5. The highest BCUT2D eigenvalue weighted by atomic mass is 16.4. The van der Waals surface area contributed by atoms with Crippen LogP contribution in [0.25, 0.3) is 0 Å². The number of benzene rings is 1. The zero-order valence-corrected chi connectivity index (χ0v) is 16.5. The predicted molar refractivity (Wildman–Crippen MR) is 108 cm³/mol. The van der Waals surface area contributed by atoms with E-state index in [0.29, 0.717) is 12.8 Å². The summed E-state index contributed by atoms with van der Waals surface area (Å²) in [6, 6.07) is 7.88. The quantitative estimate of drug-likeness (QED) is 0.263. The summed E-state index contributed by atoms with van der Waals surface area (Å²) < 4.78 is 0. The van der Waals surface area contributed by atoms with E-state index in [2.05, 4.69) is 0 Å². The Morgan fingerprint density at radius 2 is 1.04 bits per heavy atom. The Hall–Kier alpha value is -1.64. The highest BCUT2D eigenvalue weighted by molar-refractivity contribution is 5.96. The summed E-state index contributed by atoms with van der Waals surface area (Å²) in [5.74, 6) is -0.405. The topological polar surface area (TPSA) is 54.4 Å². The summed E-state index contributed by atoms with van der Waals surface area (Å²) in [5, 5.41) is 8.56. The van der Waals surface area contributed by atoms with Crippen LogP contribution in [-0.4, -0.2) is 16.9 Å². The van der Waals surface area contributed by atoms with Crippen molar-refractivity contribution in [2.45, 2.75) is 96.8 Å². The Labute approximate surface area is 159 Å². The third kappa shape index (κ3) is 11.8. The fourth-order valence-corrected chi connectivity index (χ4v) is 3.21. The Morgan fingerprint density at radius 3 is 1.46 bits per heavy atom. The maximum atomic E-state index is 12.1. The lowest BCUT2D eigenvalue weighted by molar-refractivity contribution is -0.137. The highest BCUT2D eigenvalue weighted by Crippen LogP contribution is 2.14. The molecule has 146 valence electrons. The van der Waals surface area contributed by atoms with E-state index in [1.54, 1.807) is 0 Å². The molecule has 0 aromatic heterocycles. The van der Waals surface area contributed by atoms with Gasteiger partial charge in [0.1, 0.15) is 0 Å². The SMILES string of the molecule is Cc1ccc(C(=O)CCCCCCCCCCCCCCC(=O)O)cc1. The van der Waals surface area contributed by atoms with Crippen LogP contribution in [-0.2, 0) is 4.79 Å². The van der Waals surface area contributed by atoms with Gasteiger partial charge in [-0.05, 0) is 19.8 Å². The monoisotopic (exact) mass is 360 g/mol. The van der Waals surface area contributed by atoms with E-state index in [-0.39, 0.29) is 5.78 Å². The number of carbonyl (C=O) groups excluding carboxylic acids is 1. The van der Waals surface area contributed by atoms with Crippen LogP contribution in [0.15, 0.2) is 24.3 Å². The number of ketones is 1. The predicted octanol–water partition coefficient (Wildman–Crippen LogP) is 6.72. The molecule has 3 nitrogen and oxygen atoms in total. The van der Waals surface area contributed by atoms with Crippen molar-refractivity contribution in [1.82, 2.24) is 0 Å². The molecule has 26 heavy (non-hydrogen) atoms. The average molecular weight is 361 g/mol. The number of carboxylic acid groups (broad SMARTS) is 1. The molecular weight excluding hydrogens is 324 g/mol. The molecule has 1 aromatic carbocycles. The zero-order chi connectivity index (χ0) is 19.0. The summed E-state index contributed by atoms with van der Waals surface area (Å²) in [6.45, 7) is 2.04. The fraction of sp³-hybridized carbons (Fsp3) is 0.652. The van der Waals surface area contributed by atoms with E-state index >= 15 is 0 Å². The van der Waals surface area contributed by atoms with Crippen molar-refractivity contribution in [3.05, 3.63) is 35.4 Å². The Bertz CT molecular complexity index is 505. The van der Waals surface area contributed by atoms with Crippen LogP contribution in [0, 0.1) is 6.92 Å². The fourth-order valence-electron chi connectivity index (χ4n) is 3.21. The second-order valence-electron chi connectivity index (χ2n) is 7.43. The van der Waals surface area contributed by atoms with Gasteiger partial charge in [0, 0.05) is 18.4 Å². The lowest BCUT2D eigenvalue weighted by Crippen LogP contribution is -1.98. The summed E-state index contributed by atoms with van der Waals surface area (Å²) in [4.78, 5) is 22.5. The van der Waals surface area contributed by atoms with Gasteiger partial charge < -0.3 is 5.11 Å². The van der Waals surface area contributed by atoms with Gasteiger partial charge in [0.25, 0.3) is 0 Å². The lowest BCUT2D eigenvalue weighted by atomic mass is 10.0. The van der Waals surface area contributed by atoms with Crippen LogP contribution in [0.5, 0.6) is 0 Å². The van der Waals surface area contributed by atoms with Crippen molar-refractivity contribution in [3.63, 3.8) is 0 Å². The van der Waals surface area contributed by atoms with E-state index in [1.807, 2.05) is 31.2 Å².